The van der Waals surface area contributed by atoms with Gasteiger partial charge in [0.15, 0.2) is 5.82 Å². The highest BCUT2D eigenvalue weighted by molar-refractivity contribution is 5.13. The average molecular weight is 301 g/mol. The lowest BCUT2D eigenvalue weighted by molar-refractivity contribution is 0.0836. The van der Waals surface area contributed by atoms with E-state index >= 15 is 0 Å². The zero-order valence-corrected chi connectivity index (χ0v) is 12.8. The Kier molecular flexibility index (Phi) is 5.56. The molecule has 0 amide bonds. The van der Waals surface area contributed by atoms with Crippen molar-refractivity contribution in [1.29, 1.82) is 0 Å². The van der Waals surface area contributed by atoms with E-state index in [1.807, 2.05) is 18.2 Å². The number of hydrogen-bond acceptors (Lipinski definition) is 4. The molecule has 118 valence electrons. The highest BCUT2D eigenvalue weighted by Gasteiger charge is 2.19. The normalized spacial score (nSPS) is 16.0. The van der Waals surface area contributed by atoms with Crippen molar-refractivity contribution < 1.29 is 9.47 Å². The Balaban J connectivity index is 1.36. The predicted octanol–water partition coefficient (Wildman–Crippen LogP) is 2.85. The Morgan fingerprint density at radius 3 is 2.82 bits per heavy atom. The molecular weight excluding hydrogens is 278 g/mol. The van der Waals surface area contributed by atoms with E-state index in [0.717, 1.165) is 57.2 Å². The summed E-state index contributed by atoms with van der Waals surface area (Å²) in [4.78, 5) is 4.61. The van der Waals surface area contributed by atoms with E-state index in [-0.39, 0.29) is 0 Å². The molecule has 2 heterocycles. The smallest absolute Gasteiger partial charge is 0.153 e. The summed E-state index contributed by atoms with van der Waals surface area (Å²) in [6.45, 7) is 3.05. The summed E-state index contributed by atoms with van der Waals surface area (Å²) in [5.74, 6) is 2.36. The van der Waals surface area contributed by atoms with Gasteiger partial charge in [-0.25, -0.2) is 4.98 Å². The fourth-order valence-corrected chi connectivity index (χ4v) is 2.67. The van der Waals surface area contributed by atoms with Crippen LogP contribution in [0.5, 0.6) is 0 Å². The summed E-state index contributed by atoms with van der Waals surface area (Å²) in [5.41, 5.74) is 1.21. The zero-order chi connectivity index (χ0) is 15.0. The van der Waals surface area contributed by atoms with Gasteiger partial charge in [-0.05, 0) is 24.8 Å². The second-order valence-corrected chi connectivity index (χ2v) is 5.67. The zero-order valence-electron chi connectivity index (χ0n) is 12.8. The van der Waals surface area contributed by atoms with Crippen molar-refractivity contribution in [3.8, 4) is 0 Å². The monoisotopic (exact) mass is 301 g/mol. The molecular formula is C17H23N3O2. The van der Waals surface area contributed by atoms with Crippen LogP contribution in [0, 0.1) is 0 Å². The second kappa shape index (κ2) is 8.06. The van der Waals surface area contributed by atoms with Crippen molar-refractivity contribution in [2.75, 3.05) is 19.8 Å². The molecule has 1 fully saturated rings. The van der Waals surface area contributed by atoms with Crippen molar-refractivity contribution in [3.05, 3.63) is 47.5 Å². The molecule has 1 aliphatic heterocycles. The molecule has 1 N–H and O–H groups in total. The molecule has 22 heavy (non-hydrogen) atoms. The maximum atomic E-state index is 5.69. The van der Waals surface area contributed by atoms with Crippen molar-refractivity contribution >= 4 is 0 Å². The molecule has 1 aliphatic rings. The van der Waals surface area contributed by atoms with Gasteiger partial charge in [0.1, 0.15) is 5.82 Å². The Morgan fingerprint density at radius 1 is 1.18 bits per heavy atom. The summed E-state index contributed by atoms with van der Waals surface area (Å²) >= 11 is 0. The van der Waals surface area contributed by atoms with E-state index < -0.39 is 0 Å². The first-order valence-electron chi connectivity index (χ1n) is 8.02. The van der Waals surface area contributed by atoms with Gasteiger partial charge in [0.25, 0.3) is 0 Å². The highest BCUT2D eigenvalue weighted by atomic mass is 16.5. The van der Waals surface area contributed by atoms with Crippen LogP contribution in [0.2, 0.25) is 0 Å². The number of nitrogens with zero attached hydrogens (tertiary/aromatic N) is 2. The van der Waals surface area contributed by atoms with Crippen LogP contribution in [-0.2, 0) is 22.5 Å². The quantitative estimate of drug-likeness (QED) is 0.799. The minimum atomic E-state index is 0.452. The van der Waals surface area contributed by atoms with Gasteiger partial charge in [-0.15, -0.1) is 0 Å². The number of aromatic amines is 1. The van der Waals surface area contributed by atoms with Crippen LogP contribution in [0.3, 0.4) is 0 Å². The lowest BCUT2D eigenvalue weighted by Gasteiger charge is -2.18. The number of H-pyrrole nitrogens is 1. The Morgan fingerprint density at radius 2 is 2.00 bits per heavy atom. The third-order valence-electron chi connectivity index (χ3n) is 3.95. The van der Waals surface area contributed by atoms with E-state index in [9.17, 15) is 0 Å². The van der Waals surface area contributed by atoms with Crippen LogP contribution < -0.4 is 0 Å². The summed E-state index contributed by atoms with van der Waals surface area (Å²) in [6.07, 6.45) is 3.88. The van der Waals surface area contributed by atoms with E-state index in [1.165, 1.54) is 5.56 Å². The molecule has 0 unspecified atom stereocenters. The number of hydrogen-bond donors (Lipinski definition) is 1. The summed E-state index contributed by atoms with van der Waals surface area (Å²) < 4.78 is 11.1. The fourth-order valence-electron chi connectivity index (χ4n) is 2.67. The molecule has 1 aromatic heterocycles. The van der Waals surface area contributed by atoms with Crippen molar-refractivity contribution in [1.82, 2.24) is 15.2 Å². The lowest BCUT2D eigenvalue weighted by Crippen LogP contribution is -2.15. The standard InChI is InChI=1S/C17H23N3O2/c1-2-5-14(6-3-1)13-22-10-4-7-16-18-17(20-19-16)15-8-11-21-12-9-15/h1-3,5-6,15H,4,7-13H2,(H,18,19,20). The number of nitrogens with one attached hydrogen (secondary N) is 1. The van der Waals surface area contributed by atoms with Gasteiger partial charge in [0, 0.05) is 32.2 Å². The van der Waals surface area contributed by atoms with Crippen LogP contribution in [0.1, 0.15) is 42.4 Å². The minimum absolute atomic E-state index is 0.452. The van der Waals surface area contributed by atoms with Crippen molar-refractivity contribution in [2.45, 2.75) is 38.2 Å². The van der Waals surface area contributed by atoms with Crippen molar-refractivity contribution in [2.24, 2.45) is 0 Å². The van der Waals surface area contributed by atoms with E-state index in [2.05, 4.69) is 27.3 Å². The van der Waals surface area contributed by atoms with Gasteiger partial charge in [-0.2, -0.15) is 5.10 Å². The second-order valence-electron chi connectivity index (χ2n) is 5.67. The fraction of sp³-hybridized carbons (Fsp3) is 0.529. The first kappa shape index (κ1) is 15.2. The maximum absolute atomic E-state index is 5.69. The van der Waals surface area contributed by atoms with Gasteiger partial charge >= 0.3 is 0 Å². The van der Waals surface area contributed by atoms with Gasteiger partial charge in [0.2, 0.25) is 0 Å². The van der Waals surface area contributed by atoms with E-state index in [4.69, 9.17) is 9.47 Å². The SMILES string of the molecule is c1ccc(COCCCc2nc(C3CCOCC3)n[nH]2)cc1. The molecule has 3 rings (SSSR count). The predicted molar refractivity (Wildman–Crippen MR) is 83.6 cm³/mol. The Hall–Kier alpha value is -1.72. The van der Waals surface area contributed by atoms with Crippen LogP contribution >= 0.6 is 0 Å². The largest absolute Gasteiger partial charge is 0.381 e. The summed E-state index contributed by atoms with van der Waals surface area (Å²) in [7, 11) is 0. The lowest BCUT2D eigenvalue weighted by atomic mass is 10.00. The first-order valence-corrected chi connectivity index (χ1v) is 8.02. The summed E-state index contributed by atoms with van der Waals surface area (Å²) in [6, 6.07) is 10.2. The molecule has 0 saturated carbocycles. The number of aromatic nitrogens is 3. The molecule has 0 radical (unpaired) electrons. The molecule has 0 aliphatic carbocycles. The van der Waals surface area contributed by atoms with Gasteiger partial charge in [-0.1, -0.05) is 30.3 Å². The van der Waals surface area contributed by atoms with Crippen LogP contribution in [-0.4, -0.2) is 35.0 Å². The highest BCUT2D eigenvalue weighted by Crippen LogP contribution is 2.23. The number of aryl methyl sites for hydroxylation is 1. The van der Waals surface area contributed by atoms with E-state index in [0.29, 0.717) is 12.5 Å². The van der Waals surface area contributed by atoms with Crippen LogP contribution in [0.15, 0.2) is 30.3 Å². The molecule has 0 bridgehead atoms. The van der Waals surface area contributed by atoms with E-state index in [1.54, 1.807) is 0 Å². The molecule has 1 saturated heterocycles. The number of benzene rings is 1. The van der Waals surface area contributed by atoms with Crippen LogP contribution in [0.25, 0.3) is 0 Å². The Bertz CT molecular complexity index is 550. The maximum Gasteiger partial charge on any atom is 0.153 e. The molecule has 0 atom stereocenters. The number of ether oxygens (including phenoxy) is 2. The third kappa shape index (κ3) is 4.39. The first-order chi connectivity index (χ1) is 10.9. The molecule has 0 spiro atoms. The topological polar surface area (TPSA) is 60.0 Å². The molecule has 1 aromatic carbocycles. The summed E-state index contributed by atoms with van der Waals surface area (Å²) in [5, 5.41) is 7.41. The Labute approximate surface area is 131 Å². The molecule has 5 heteroatoms. The number of rotatable bonds is 7. The van der Waals surface area contributed by atoms with Gasteiger partial charge < -0.3 is 9.47 Å². The van der Waals surface area contributed by atoms with Gasteiger partial charge in [-0.3, -0.25) is 5.10 Å². The van der Waals surface area contributed by atoms with Crippen LogP contribution in [0.4, 0.5) is 0 Å². The third-order valence-corrected chi connectivity index (χ3v) is 3.95. The van der Waals surface area contributed by atoms with Crippen molar-refractivity contribution in [3.63, 3.8) is 0 Å². The average Bonchev–Trinajstić information content (AvgIpc) is 3.05. The molecule has 2 aromatic rings. The van der Waals surface area contributed by atoms with Gasteiger partial charge in [0.05, 0.1) is 6.61 Å². The molecule has 5 nitrogen and oxygen atoms in total. The minimum Gasteiger partial charge on any atom is -0.381 e.